The van der Waals surface area contributed by atoms with E-state index in [1.807, 2.05) is 24.3 Å². The van der Waals surface area contributed by atoms with Crippen LogP contribution in [-0.4, -0.2) is 10.9 Å². The van der Waals surface area contributed by atoms with Crippen molar-refractivity contribution in [1.29, 1.82) is 0 Å². The van der Waals surface area contributed by atoms with Gasteiger partial charge in [-0.05, 0) is 30.0 Å². The molecule has 0 unspecified atom stereocenters. The summed E-state index contributed by atoms with van der Waals surface area (Å²) in [6.07, 6.45) is 3.39. The average Bonchev–Trinajstić information content (AvgIpc) is 2.95. The van der Waals surface area contributed by atoms with E-state index >= 15 is 0 Å². The first-order valence-corrected chi connectivity index (χ1v) is 8.27. The van der Waals surface area contributed by atoms with Gasteiger partial charge in [-0.3, -0.25) is 11.3 Å². The molecule has 0 aliphatic rings. The molecule has 2 aromatic carbocycles. The molecule has 0 aliphatic carbocycles. The molecule has 0 atom stereocenters. The smallest absolute Gasteiger partial charge is 0.108 e. The Morgan fingerprint density at radius 2 is 1.91 bits per heavy atom. The number of carbonyl (C=O) groups excluding carboxylic acids is 1. The van der Waals surface area contributed by atoms with E-state index in [1.54, 1.807) is 18.2 Å². The van der Waals surface area contributed by atoms with Crippen molar-refractivity contribution in [1.82, 2.24) is 0 Å². The summed E-state index contributed by atoms with van der Waals surface area (Å²) < 4.78 is 0.878. The first-order chi connectivity index (χ1) is 10.7. The molecule has 3 aromatic rings. The molecule has 0 saturated heterocycles. The SMILES string of the molecule is CCCCc1ccc(C(=O)c2[c-]sc3cc(O)ccc23)cc1.[Y]. The molecule has 0 bridgehead atoms. The number of rotatable bonds is 5. The van der Waals surface area contributed by atoms with Crippen molar-refractivity contribution in [3.05, 3.63) is 64.5 Å². The third kappa shape index (κ3) is 4.09. The third-order valence-corrected chi connectivity index (χ3v) is 4.62. The third-order valence-electron chi connectivity index (χ3n) is 3.76. The monoisotopic (exact) mass is 398 g/mol. The summed E-state index contributed by atoms with van der Waals surface area (Å²) in [5, 5.41) is 13.4. The molecule has 0 fully saturated rings. The number of aromatic hydroxyl groups is 1. The minimum Gasteiger partial charge on any atom is -0.509 e. The zero-order valence-electron chi connectivity index (χ0n) is 13.0. The van der Waals surface area contributed by atoms with Crippen LogP contribution in [0, 0.1) is 5.38 Å². The molecule has 3 rings (SSSR count). The predicted molar refractivity (Wildman–Crippen MR) is 90.8 cm³/mol. The van der Waals surface area contributed by atoms with E-state index in [-0.39, 0.29) is 44.2 Å². The van der Waals surface area contributed by atoms with E-state index in [1.165, 1.54) is 29.7 Å². The second kappa shape index (κ2) is 8.18. The summed E-state index contributed by atoms with van der Waals surface area (Å²) in [4.78, 5) is 12.6. The van der Waals surface area contributed by atoms with Crippen molar-refractivity contribution in [2.45, 2.75) is 26.2 Å². The fourth-order valence-electron chi connectivity index (χ4n) is 2.48. The normalized spacial score (nSPS) is 10.5. The molecule has 1 radical (unpaired) electrons. The number of unbranched alkanes of at least 4 members (excludes halogenated alkanes) is 1. The quantitative estimate of drug-likeness (QED) is 0.486. The number of aryl methyl sites for hydroxylation is 1. The van der Waals surface area contributed by atoms with Gasteiger partial charge in [-0.2, -0.15) is 0 Å². The van der Waals surface area contributed by atoms with Gasteiger partial charge in [-0.15, -0.1) is 11.5 Å². The minimum absolute atomic E-state index is 0. The first-order valence-electron chi connectivity index (χ1n) is 7.46. The summed E-state index contributed by atoms with van der Waals surface area (Å²) in [5.74, 6) is 0.195. The van der Waals surface area contributed by atoms with Gasteiger partial charge < -0.3 is 9.90 Å². The Bertz CT molecular complexity index is 806. The van der Waals surface area contributed by atoms with Crippen LogP contribution in [0.25, 0.3) is 10.1 Å². The fraction of sp³-hybridized carbons (Fsp3) is 0.211. The second-order valence-electron chi connectivity index (χ2n) is 5.39. The zero-order chi connectivity index (χ0) is 15.5. The van der Waals surface area contributed by atoms with Gasteiger partial charge in [0.1, 0.15) is 11.5 Å². The fourth-order valence-corrected chi connectivity index (χ4v) is 3.35. The van der Waals surface area contributed by atoms with Crippen LogP contribution in [0.3, 0.4) is 0 Å². The average molecular weight is 398 g/mol. The summed E-state index contributed by atoms with van der Waals surface area (Å²) in [6.45, 7) is 2.17. The van der Waals surface area contributed by atoms with Crippen LogP contribution in [0.15, 0.2) is 42.5 Å². The molecule has 0 saturated carbocycles. The Hall–Kier alpha value is -1.03. The molecule has 0 spiro atoms. The Labute approximate surface area is 165 Å². The number of hydrogen-bond acceptors (Lipinski definition) is 3. The number of phenolic OH excluding ortho intramolecular Hbond substituents is 1. The number of phenols is 1. The summed E-state index contributed by atoms with van der Waals surface area (Å²) in [6, 6.07) is 12.9. The molecule has 23 heavy (non-hydrogen) atoms. The van der Waals surface area contributed by atoms with Gasteiger partial charge in [0.05, 0.1) is 0 Å². The van der Waals surface area contributed by atoms with Gasteiger partial charge in [0.2, 0.25) is 0 Å². The van der Waals surface area contributed by atoms with E-state index in [9.17, 15) is 9.90 Å². The number of hydrogen-bond donors (Lipinski definition) is 1. The maximum Gasteiger partial charge on any atom is 0.108 e. The van der Waals surface area contributed by atoms with E-state index in [2.05, 4.69) is 12.3 Å². The van der Waals surface area contributed by atoms with Crippen LogP contribution in [0.5, 0.6) is 5.75 Å². The first kappa shape index (κ1) is 18.3. The number of ketones is 1. The van der Waals surface area contributed by atoms with Gasteiger partial charge in [0.25, 0.3) is 0 Å². The standard InChI is InChI=1S/C19H17O2S.Y/c1-2-3-4-13-5-7-14(8-6-13)19(21)17-12-22-18-11-15(20)9-10-16(17)18;/h5-11,20H,2-4H2,1H3;/q-1;. The molecule has 1 heterocycles. The van der Waals surface area contributed by atoms with Crippen molar-refractivity contribution in [2.24, 2.45) is 0 Å². The summed E-state index contributed by atoms with van der Waals surface area (Å²) in [5.41, 5.74) is 2.54. The Balaban J connectivity index is 0.00000192. The number of carbonyl (C=O) groups is 1. The van der Waals surface area contributed by atoms with E-state index in [0.29, 0.717) is 11.1 Å². The van der Waals surface area contributed by atoms with Crippen LogP contribution >= 0.6 is 11.3 Å². The molecular formula is C19H17O2SY-. The zero-order valence-corrected chi connectivity index (χ0v) is 16.7. The van der Waals surface area contributed by atoms with Crippen molar-refractivity contribution in [3.8, 4) is 5.75 Å². The van der Waals surface area contributed by atoms with E-state index < -0.39 is 0 Å². The summed E-state index contributed by atoms with van der Waals surface area (Å²) in [7, 11) is 0. The van der Waals surface area contributed by atoms with Crippen LogP contribution in [0.1, 0.15) is 41.3 Å². The van der Waals surface area contributed by atoms with Gasteiger partial charge >= 0.3 is 0 Å². The Morgan fingerprint density at radius 3 is 2.61 bits per heavy atom. The van der Waals surface area contributed by atoms with Gasteiger partial charge in [-0.25, -0.2) is 0 Å². The van der Waals surface area contributed by atoms with E-state index in [4.69, 9.17) is 0 Å². The molecular weight excluding hydrogens is 381 g/mol. The van der Waals surface area contributed by atoms with Crippen molar-refractivity contribution in [2.75, 3.05) is 0 Å². The molecule has 0 amide bonds. The molecule has 115 valence electrons. The second-order valence-corrected chi connectivity index (χ2v) is 6.24. The largest absolute Gasteiger partial charge is 0.509 e. The molecule has 1 N–H and O–H groups in total. The number of fused-ring (bicyclic) bond motifs is 1. The topological polar surface area (TPSA) is 37.3 Å². The van der Waals surface area contributed by atoms with E-state index in [0.717, 1.165) is 16.5 Å². The van der Waals surface area contributed by atoms with Crippen LogP contribution in [0.2, 0.25) is 0 Å². The maximum absolute atomic E-state index is 12.6. The molecule has 1 aromatic heterocycles. The molecule has 2 nitrogen and oxygen atoms in total. The predicted octanol–water partition coefficient (Wildman–Crippen LogP) is 4.98. The van der Waals surface area contributed by atoms with Gasteiger partial charge in [0, 0.05) is 32.7 Å². The van der Waals surface area contributed by atoms with Crippen LogP contribution < -0.4 is 0 Å². The van der Waals surface area contributed by atoms with Crippen molar-refractivity contribution < 1.29 is 42.6 Å². The van der Waals surface area contributed by atoms with Crippen LogP contribution in [0.4, 0.5) is 0 Å². The minimum atomic E-state index is -0.0148. The number of benzene rings is 2. The van der Waals surface area contributed by atoms with Crippen molar-refractivity contribution in [3.63, 3.8) is 0 Å². The number of thiophene rings is 1. The Morgan fingerprint density at radius 1 is 1.17 bits per heavy atom. The van der Waals surface area contributed by atoms with Gasteiger partial charge in [0.15, 0.2) is 0 Å². The summed E-state index contributed by atoms with van der Waals surface area (Å²) >= 11 is 1.36. The van der Waals surface area contributed by atoms with Crippen molar-refractivity contribution >= 4 is 27.2 Å². The maximum atomic E-state index is 12.6. The van der Waals surface area contributed by atoms with Gasteiger partial charge in [-0.1, -0.05) is 59.3 Å². The molecule has 0 aliphatic heterocycles. The Kier molecular flexibility index (Phi) is 6.52. The molecule has 4 heteroatoms. The van der Waals surface area contributed by atoms with Crippen LogP contribution in [-0.2, 0) is 39.1 Å².